The lowest BCUT2D eigenvalue weighted by Crippen LogP contribution is -2.31. The van der Waals surface area contributed by atoms with Crippen molar-refractivity contribution in [3.05, 3.63) is 70.3 Å². The second kappa shape index (κ2) is 7.33. The molecule has 1 heterocycles. The van der Waals surface area contributed by atoms with Crippen molar-refractivity contribution in [2.24, 2.45) is 0 Å². The van der Waals surface area contributed by atoms with Crippen LogP contribution in [0.3, 0.4) is 0 Å². The van der Waals surface area contributed by atoms with Gasteiger partial charge in [-0.1, -0.05) is 35.4 Å². The van der Waals surface area contributed by atoms with Gasteiger partial charge in [-0.25, -0.2) is 0 Å². The average molecular weight is 325 g/mol. The molecule has 2 aromatic rings. The highest BCUT2D eigenvalue weighted by Crippen LogP contribution is 2.17. The fourth-order valence-electron chi connectivity index (χ4n) is 3.10. The van der Waals surface area contributed by atoms with Gasteiger partial charge in [0.15, 0.2) is 5.78 Å². The van der Waals surface area contributed by atoms with Gasteiger partial charge in [0.05, 0.1) is 0 Å². The molecule has 0 aromatic heterocycles. The summed E-state index contributed by atoms with van der Waals surface area (Å²) in [5.74, 6) is 2.54. The number of thioether (sulfide) groups is 1. The average Bonchev–Trinajstić information content (AvgIpc) is 2.54. The van der Waals surface area contributed by atoms with Crippen molar-refractivity contribution < 1.29 is 4.79 Å². The predicted molar refractivity (Wildman–Crippen MR) is 98.4 cm³/mol. The third kappa shape index (κ3) is 4.24. The van der Waals surface area contributed by atoms with Crippen molar-refractivity contribution >= 4 is 17.5 Å². The first-order valence-corrected chi connectivity index (χ1v) is 9.29. The molecule has 120 valence electrons. The molecule has 23 heavy (non-hydrogen) atoms. The Morgan fingerprint density at radius 1 is 1.00 bits per heavy atom. The quantitative estimate of drug-likeness (QED) is 0.790. The lowest BCUT2D eigenvalue weighted by Gasteiger charge is -2.26. The number of carbonyl (C=O) groups is 1. The van der Waals surface area contributed by atoms with E-state index in [2.05, 4.69) is 23.1 Å². The molecule has 0 aliphatic carbocycles. The zero-order valence-electron chi connectivity index (χ0n) is 13.8. The van der Waals surface area contributed by atoms with E-state index in [-0.39, 0.29) is 5.78 Å². The third-order valence-corrected chi connectivity index (χ3v) is 5.13. The van der Waals surface area contributed by atoms with Crippen molar-refractivity contribution in [3.63, 3.8) is 0 Å². The number of rotatable bonds is 4. The number of benzene rings is 2. The summed E-state index contributed by atoms with van der Waals surface area (Å²) in [6.45, 7) is 7.29. The molecule has 3 heteroatoms. The van der Waals surface area contributed by atoms with Crippen molar-refractivity contribution in [3.8, 4) is 0 Å². The first kappa shape index (κ1) is 16.3. The number of carbonyl (C=O) groups excluding carboxylic acids is 1. The maximum atomic E-state index is 12.8. The second-order valence-electron chi connectivity index (χ2n) is 6.29. The van der Waals surface area contributed by atoms with Gasteiger partial charge in [-0.05, 0) is 37.6 Å². The molecule has 1 aliphatic heterocycles. The molecule has 2 nitrogen and oxygen atoms in total. The van der Waals surface area contributed by atoms with Crippen molar-refractivity contribution in [1.29, 1.82) is 0 Å². The monoisotopic (exact) mass is 325 g/mol. The van der Waals surface area contributed by atoms with E-state index < -0.39 is 0 Å². The second-order valence-corrected chi connectivity index (χ2v) is 7.52. The van der Waals surface area contributed by atoms with Gasteiger partial charge in [-0.2, -0.15) is 11.8 Å². The number of ketones is 1. The zero-order chi connectivity index (χ0) is 16.2. The SMILES string of the molecule is Cc1cc(C)cc(C(=O)c2cccc(CN3CCSCC3)c2)c1. The summed E-state index contributed by atoms with van der Waals surface area (Å²) in [6.07, 6.45) is 0. The van der Waals surface area contributed by atoms with Crippen LogP contribution in [-0.4, -0.2) is 35.3 Å². The Bertz CT molecular complexity index is 684. The standard InChI is InChI=1S/C20H23NOS/c1-15-10-16(2)12-19(11-15)20(22)18-5-3-4-17(13-18)14-21-6-8-23-9-7-21/h3-5,10-13H,6-9,14H2,1-2H3. The smallest absolute Gasteiger partial charge is 0.193 e. The normalized spacial score (nSPS) is 15.6. The lowest BCUT2D eigenvalue weighted by atomic mass is 9.98. The molecule has 2 aromatic carbocycles. The summed E-state index contributed by atoms with van der Waals surface area (Å²) in [4.78, 5) is 15.2. The van der Waals surface area contributed by atoms with Crippen LogP contribution in [-0.2, 0) is 6.54 Å². The number of nitrogens with zero attached hydrogens (tertiary/aromatic N) is 1. The molecule has 0 unspecified atom stereocenters. The van der Waals surface area contributed by atoms with Gasteiger partial charge in [0.1, 0.15) is 0 Å². The van der Waals surface area contributed by atoms with E-state index in [4.69, 9.17) is 0 Å². The van der Waals surface area contributed by atoms with E-state index in [0.29, 0.717) is 0 Å². The van der Waals surface area contributed by atoms with Gasteiger partial charge in [-0.15, -0.1) is 0 Å². The van der Waals surface area contributed by atoms with Gasteiger partial charge in [0.2, 0.25) is 0 Å². The maximum absolute atomic E-state index is 12.8. The van der Waals surface area contributed by atoms with Gasteiger partial charge in [-0.3, -0.25) is 9.69 Å². The molecule has 0 bridgehead atoms. The molecule has 1 saturated heterocycles. The Morgan fingerprint density at radius 3 is 2.39 bits per heavy atom. The maximum Gasteiger partial charge on any atom is 0.193 e. The van der Waals surface area contributed by atoms with Gasteiger partial charge in [0.25, 0.3) is 0 Å². The highest BCUT2D eigenvalue weighted by molar-refractivity contribution is 7.99. The molecule has 1 fully saturated rings. The van der Waals surface area contributed by atoms with Crippen LogP contribution >= 0.6 is 11.8 Å². The first-order chi connectivity index (χ1) is 11.1. The van der Waals surface area contributed by atoms with Gasteiger partial charge in [0, 0.05) is 42.3 Å². The van der Waals surface area contributed by atoms with E-state index in [1.807, 2.05) is 49.9 Å². The number of hydrogen-bond donors (Lipinski definition) is 0. The Balaban J connectivity index is 1.79. The summed E-state index contributed by atoms with van der Waals surface area (Å²) in [5.41, 5.74) is 5.07. The molecule has 3 rings (SSSR count). The van der Waals surface area contributed by atoms with Crippen LogP contribution in [0.5, 0.6) is 0 Å². The fourth-order valence-corrected chi connectivity index (χ4v) is 4.08. The zero-order valence-corrected chi connectivity index (χ0v) is 14.7. The number of hydrogen-bond acceptors (Lipinski definition) is 3. The van der Waals surface area contributed by atoms with Gasteiger partial charge >= 0.3 is 0 Å². The predicted octanol–water partition coefficient (Wildman–Crippen LogP) is 4.08. The minimum atomic E-state index is 0.118. The Hall–Kier alpha value is -1.58. The van der Waals surface area contributed by atoms with Crippen LogP contribution in [0, 0.1) is 13.8 Å². The van der Waals surface area contributed by atoms with E-state index in [0.717, 1.165) is 41.9 Å². The molecule has 0 spiro atoms. The van der Waals surface area contributed by atoms with E-state index in [1.54, 1.807) is 0 Å². The third-order valence-electron chi connectivity index (χ3n) is 4.18. The molecule has 0 atom stereocenters. The summed E-state index contributed by atoms with van der Waals surface area (Å²) in [5, 5.41) is 0. The van der Waals surface area contributed by atoms with Crippen LogP contribution in [0.1, 0.15) is 32.6 Å². The molecule has 0 saturated carbocycles. The molecular weight excluding hydrogens is 302 g/mol. The van der Waals surface area contributed by atoms with Crippen LogP contribution < -0.4 is 0 Å². The molecule has 0 N–H and O–H groups in total. The Labute approximate surface area is 142 Å². The minimum absolute atomic E-state index is 0.118. The fraction of sp³-hybridized carbons (Fsp3) is 0.350. The van der Waals surface area contributed by atoms with Crippen LogP contribution in [0.2, 0.25) is 0 Å². The molecule has 1 aliphatic rings. The summed E-state index contributed by atoms with van der Waals surface area (Å²) in [6, 6.07) is 14.2. The van der Waals surface area contributed by atoms with E-state index in [1.165, 1.54) is 17.1 Å². The van der Waals surface area contributed by atoms with E-state index in [9.17, 15) is 4.79 Å². The van der Waals surface area contributed by atoms with Crippen LogP contribution in [0.4, 0.5) is 0 Å². The Kier molecular flexibility index (Phi) is 5.19. The highest BCUT2D eigenvalue weighted by Gasteiger charge is 2.13. The molecule has 0 amide bonds. The van der Waals surface area contributed by atoms with Gasteiger partial charge < -0.3 is 0 Å². The van der Waals surface area contributed by atoms with E-state index >= 15 is 0 Å². The topological polar surface area (TPSA) is 20.3 Å². The van der Waals surface area contributed by atoms with Crippen molar-refractivity contribution in [1.82, 2.24) is 4.90 Å². The summed E-state index contributed by atoms with van der Waals surface area (Å²) < 4.78 is 0. The largest absolute Gasteiger partial charge is 0.297 e. The van der Waals surface area contributed by atoms with Crippen molar-refractivity contribution in [2.75, 3.05) is 24.6 Å². The minimum Gasteiger partial charge on any atom is -0.297 e. The lowest BCUT2D eigenvalue weighted by molar-refractivity contribution is 0.103. The first-order valence-electron chi connectivity index (χ1n) is 8.14. The van der Waals surface area contributed by atoms with Crippen LogP contribution in [0.25, 0.3) is 0 Å². The van der Waals surface area contributed by atoms with Crippen molar-refractivity contribution in [2.45, 2.75) is 20.4 Å². The summed E-state index contributed by atoms with van der Waals surface area (Å²) in [7, 11) is 0. The number of aryl methyl sites for hydroxylation is 2. The summed E-state index contributed by atoms with van der Waals surface area (Å²) >= 11 is 2.02. The molecule has 0 radical (unpaired) electrons. The highest BCUT2D eigenvalue weighted by atomic mass is 32.2. The molecular formula is C20H23NOS. The Morgan fingerprint density at radius 2 is 1.70 bits per heavy atom. The van der Waals surface area contributed by atoms with Crippen LogP contribution in [0.15, 0.2) is 42.5 Å².